The zero-order chi connectivity index (χ0) is 24.9. The van der Waals surface area contributed by atoms with Crippen LogP contribution >= 0.6 is 0 Å². The lowest BCUT2D eigenvalue weighted by molar-refractivity contribution is 0.482. The Labute approximate surface area is 210 Å². The maximum Gasteiger partial charge on any atom is 0.150 e. The number of nitrogens with zero attached hydrogens (tertiary/aromatic N) is 4. The normalized spacial score (nSPS) is 11.6. The van der Waals surface area contributed by atoms with Crippen LogP contribution in [0, 0.1) is 13.8 Å². The molecule has 5 nitrogen and oxygen atoms in total. The van der Waals surface area contributed by atoms with Crippen LogP contribution in [0.4, 0.5) is 22.7 Å². The Morgan fingerprint density at radius 2 is 1.25 bits per heavy atom. The van der Waals surface area contributed by atoms with Gasteiger partial charge in [0, 0.05) is 5.39 Å². The van der Waals surface area contributed by atoms with Gasteiger partial charge in [0.25, 0.3) is 0 Å². The van der Waals surface area contributed by atoms with Crippen LogP contribution in [-0.2, 0) is 6.42 Å². The molecular weight excluding hydrogens is 444 g/mol. The maximum absolute atomic E-state index is 10.9. The van der Waals surface area contributed by atoms with E-state index in [9.17, 15) is 5.11 Å². The summed E-state index contributed by atoms with van der Waals surface area (Å²) in [6.45, 7) is 3.96. The van der Waals surface area contributed by atoms with Crippen LogP contribution in [0.3, 0.4) is 0 Å². The van der Waals surface area contributed by atoms with Crippen molar-refractivity contribution in [1.82, 2.24) is 0 Å². The molecule has 0 aliphatic heterocycles. The van der Waals surface area contributed by atoms with Gasteiger partial charge < -0.3 is 5.11 Å². The molecule has 0 unspecified atom stereocenters. The summed E-state index contributed by atoms with van der Waals surface area (Å²) < 4.78 is 0. The fourth-order valence-corrected chi connectivity index (χ4v) is 4.24. The van der Waals surface area contributed by atoms with E-state index in [-0.39, 0.29) is 5.75 Å². The summed E-state index contributed by atoms with van der Waals surface area (Å²) in [5.41, 5.74) is 7.11. The first kappa shape index (κ1) is 23.1. The van der Waals surface area contributed by atoms with E-state index in [1.807, 2.05) is 92.7 Å². The van der Waals surface area contributed by atoms with Gasteiger partial charge in [-0.1, -0.05) is 72.8 Å². The molecule has 5 heteroatoms. The molecule has 0 aromatic heterocycles. The molecule has 5 aromatic carbocycles. The lowest BCUT2D eigenvalue weighted by Crippen LogP contribution is -1.88. The average molecular weight is 471 g/mol. The zero-order valence-electron chi connectivity index (χ0n) is 20.3. The number of benzene rings is 5. The first-order valence-corrected chi connectivity index (χ1v) is 11.8. The molecule has 0 saturated carbocycles. The minimum atomic E-state index is 0.129. The number of hydrogen-bond acceptors (Lipinski definition) is 5. The Morgan fingerprint density at radius 1 is 0.583 bits per heavy atom. The van der Waals surface area contributed by atoms with Gasteiger partial charge in [0.05, 0.1) is 17.1 Å². The molecular formula is C31H26N4O. The lowest BCUT2D eigenvalue weighted by atomic mass is 10.0. The quantitative estimate of drug-likeness (QED) is 0.247. The van der Waals surface area contributed by atoms with Gasteiger partial charge in [0.15, 0.2) is 5.75 Å². The van der Waals surface area contributed by atoms with Crippen LogP contribution in [0.1, 0.15) is 22.3 Å². The van der Waals surface area contributed by atoms with Gasteiger partial charge in [0.2, 0.25) is 0 Å². The molecule has 0 aliphatic carbocycles. The standard InChI is InChI=1S/C31H26N4O/c1-21-17-27(18-22(2)30(21)35-32-26-11-7-4-8-12-26)33-34-29-16-14-25-20-24(13-15-28(25)31(29)36)19-23-9-5-3-6-10-23/h3-18,20,36H,19H2,1-2H3. The SMILES string of the molecule is Cc1cc(N=Nc2ccc3cc(Cc4ccccc4)ccc3c2O)cc(C)c1N=Nc1ccccc1. The van der Waals surface area contributed by atoms with Crippen molar-refractivity contribution in [3.8, 4) is 5.75 Å². The van der Waals surface area contributed by atoms with Crippen LogP contribution in [0.15, 0.2) is 124 Å². The summed E-state index contributed by atoms with van der Waals surface area (Å²) in [5, 5.41) is 30.1. The Morgan fingerprint density at radius 3 is 1.97 bits per heavy atom. The molecule has 5 rings (SSSR count). The highest BCUT2D eigenvalue weighted by Crippen LogP contribution is 2.37. The summed E-state index contributed by atoms with van der Waals surface area (Å²) in [7, 11) is 0. The molecule has 0 heterocycles. The number of rotatable bonds is 6. The Hall–Kier alpha value is -4.64. The summed E-state index contributed by atoms with van der Waals surface area (Å²) in [6.07, 6.45) is 0.846. The van der Waals surface area contributed by atoms with Gasteiger partial charge in [-0.2, -0.15) is 15.3 Å². The summed E-state index contributed by atoms with van der Waals surface area (Å²) in [4.78, 5) is 0. The molecule has 36 heavy (non-hydrogen) atoms. The van der Waals surface area contributed by atoms with E-state index in [1.54, 1.807) is 6.07 Å². The molecule has 0 amide bonds. The highest BCUT2D eigenvalue weighted by atomic mass is 16.3. The smallest absolute Gasteiger partial charge is 0.150 e. The van der Waals surface area contributed by atoms with Crippen molar-refractivity contribution in [3.05, 3.63) is 125 Å². The summed E-state index contributed by atoms with van der Waals surface area (Å²) in [5.74, 6) is 0.129. The van der Waals surface area contributed by atoms with Gasteiger partial charge in [-0.15, -0.1) is 5.11 Å². The maximum atomic E-state index is 10.9. The number of hydrogen-bond donors (Lipinski definition) is 1. The van der Waals surface area contributed by atoms with Crippen molar-refractivity contribution < 1.29 is 5.11 Å². The van der Waals surface area contributed by atoms with Crippen molar-refractivity contribution in [3.63, 3.8) is 0 Å². The molecule has 1 N–H and O–H groups in total. The van der Waals surface area contributed by atoms with Crippen LogP contribution in [0.25, 0.3) is 10.8 Å². The van der Waals surface area contributed by atoms with Crippen LogP contribution < -0.4 is 0 Å². The average Bonchev–Trinajstić information content (AvgIpc) is 2.89. The van der Waals surface area contributed by atoms with Gasteiger partial charge in [-0.05, 0) is 78.2 Å². The van der Waals surface area contributed by atoms with E-state index in [0.29, 0.717) is 11.4 Å². The van der Waals surface area contributed by atoms with Crippen LogP contribution in [0.5, 0.6) is 5.75 Å². The van der Waals surface area contributed by atoms with E-state index in [2.05, 4.69) is 38.7 Å². The number of phenols is 1. The molecule has 0 bridgehead atoms. The van der Waals surface area contributed by atoms with Gasteiger partial charge in [-0.25, -0.2) is 0 Å². The number of aryl methyl sites for hydroxylation is 2. The second kappa shape index (κ2) is 10.3. The van der Waals surface area contributed by atoms with E-state index < -0.39 is 0 Å². The second-order valence-corrected chi connectivity index (χ2v) is 8.81. The monoisotopic (exact) mass is 470 g/mol. The Balaban J connectivity index is 1.37. The number of fused-ring (bicyclic) bond motifs is 1. The summed E-state index contributed by atoms with van der Waals surface area (Å²) in [6, 6.07) is 33.7. The molecule has 0 radical (unpaired) electrons. The first-order valence-electron chi connectivity index (χ1n) is 11.8. The number of phenolic OH excluding ortho intramolecular Hbond substituents is 1. The molecule has 0 fully saturated rings. The van der Waals surface area contributed by atoms with Crippen molar-refractivity contribution in [1.29, 1.82) is 0 Å². The molecule has 0 spiro atoms. The third kappa shape index (κ3) is 5.20. The third-order valence-corrected chi connectivity index (χ3v) is 6.06. The zero-order valence-corrected chi connectivity index (χ0v) is 20.3. The van der Waals surface area contributed by atoms with E-state index in [4.69, 9.17) is 0 Å². The van der Waals surface area contributed by atoms with E-state index in [0.717, 1.165) is 39.7 Å². The Bertz CT molecular complexity index is 1550. The molecule has 5 aromatic rings. The van der Waals surface area contributed by atoms with Crippen molar-refractivity contribution >= 4 is 33.5 Å². The topological polar surface area (TPSA) is 69.7 Å². The molecule has 176 valence electrons. The van der Waals surface area contributed by atoms with E-state index in [1.165, 1.54) is 11.1 Å². The van der Waals surface area contributed by atoms with Gasteiger partial charge in [0.1, 0.15) is 5.69 Å². The lowest BCUT2D eigenvalue weighted by Gasteiger charge is -2.08. The fraction of sp³-hybridized carbons (Fsp3) is 0.0968. The van der Waals surface area contributed by atoms with Crippen molar-refractivity contribution in [2.75, 3.05) is 0 Å². The largest absolute Gasteiger partial charge is 0.505 e. The van der Waals surface area contributed by atoms with Gasteiger partial charge in [-0.3, -0.25) is 0 Å². The second-order valence-electron chi connectivity index (χ2n) is 8.81. The van der Waals surface area contributed by atoms with E-state index >= 15 is 0 Å². The number of aromatic hydroxyl groups is 1. The summed E-state index contributed by atoms with van der Waals surface area (Å²) >= 11 is 0. The van der Waals surface area contributed by atoms with Crippen molar-refractivity contribution in [2.45, 2.75) is 20.3 Å². The highest BCUT2D eigenvalue weighted by Gasteiger charge is 2.09. The highest BCUT2D eigenvalue weighted by molar-refractivity contribution is 5.92. The van der Waals surface area contributed by atoms with Crippen LogP contribution in [-0.4, -0.2) is 5.11 Å². The minimum Gasteiger partial charge on any atom is -0.505 e. The van der Waals surface area contributed by atoms with Crippen molar-refractivity contribution in [2.24, 2.45) is 20.5 Å². The van der Waals surface area contributed by atoms with Gasteiger partial charge >= 0.3 is 0 Å². The number of azo groups is 2. The minimum absolute atomic E-state index is 0.129. The van der Waals surface area contributed by atoms with Crippen LogP contribution in [0.2, 0.25) is 0 Å². The predicted octanol–water partition coefficient (Wildman–Crippen LogP) is 9.58. The molecule has 0 aliphatic rings. The Kier molecular flexibility index (Phi) is 6.63. The third-order valence-electron chi connectivity index (χ3n) is 6.06. The predicted molar refractivity (Wildman–Crippen MR) is 146 cm³/mol. The first-order chi connectivity index (χ1) is 17.6. The fourth-order valence-electron chi connectivity index (χ4n) is 4.24. The molecule has 0 atom stereocenters. The molecule has 0 saturated heterocycles.